The fourth-order valence-electron chi connectivity index (χ4n) is 4.06. The van der Waals surface area contributed by atoms with Gasteiger partial charge in [0.25, 0.3) is 0 Å². The van der Waals surface area contributed by atoms with Gasteiger partial charge in [-0.05, 0) is 28.4 Å². The van der Waals surface area contributed by atoms with E-state index < -0.39 is 0 Å². The minimum atomic E-state index is 0. The summed E-state index contributed by atoms with van der Waals surface area (Å²) in [6.45, 7) is 15.8. The normalized spacial score (nSPS) is 12.6. The molecule has 2 aliphatic rings. The molecule has 0 unspecified atom stereocenters. The first-order chi connectivity index (χ1) is 16.5. The maximum Gasteiger partial charge on any atom is -0.109 e. The molecule has 0 bridgehead atoms. The topological polar surface area (TPSA) is 0 Å². The number of benzene rings is 3. The molecule has 194 valence electrons. The van der Waals surface area contributed by atoms with Crippen molar-refractivity contribution in [3.8, 4) is 11.1 Å². The predicted octanol–water partition coefficient (Wildman–Crippen LogP) is 2.74. The zero-order chi connectivity index (χ0) is 25.6. The van der Waals surface area contributed by atoms with Crippen LogP contribution in [0.4, 0.5) is 0 Å². The molecule has 0 amide bonds. The number of fused-ring (bicyclic) bond motifs is 3. The van der Waals surface area contributed by atoms with Gasteiger partial charge in [0.1, 0.15) is 0 Å². The minimum absolute atomic E-state index is 0. The minimum Gasteiger partial charge on any atom is -1.00 e. The maximum absolute atomic E-state index is 3.67. The number of hydrogen-bond donors (Lipinski definition) is 0. The van der Waals surface area contributed by atoms with Crippen LogP contribution in [0.2, 0.25) is 0 Å². The van der Waals surface area contributed by atoms with Crippen LogP contribution in [0.3, 0.4) is 0 Å². The van der Waals surface area contributed by atoms with E-state index in [9.17, 15) is 0 Å². The second-order valence-electron chi connectivity index (χ2n) is 11.3. The molecule has 3 aromatic carbocycles. The van der Waals surface area contributed by atoms with E-state index in [0.717, 1.165) is 12.8 Å². The van der Waals surface area contributed by atoms with E-state index in [1.807, 2.05) is 18.2 Å². The summed E-state index contributed by atoms with van der Waals surface area (Å²) in [4.78, 5) is 0. The Labute approximate surface area is 252 Å². The molecular formula is C34H38Cl2Zr-2. The van der Waals surface area contributed by atoms with E-state index in [4.69, 9.17) is 0 Å². The van der Waals surface area contributed by atoms with Crippen molar-refractivity contribution < 1.29 is 49.0 Å². The van der Waals surface area contributed by atoms with E-state index in [1.165, 1.54) is 66.4 Å². The van der Waals surface area contributed by atoms with Gasteiger partial charge in [0.05, 0.1) is 0 Å². The van der Waals surface area contributed by atoms with Crippen molar-refractivity contribution in [2.24, 2.45) is 0 Å². The smallest absolute Gasteiger partial charge is 0.109 e. The van der Waals surface area contributed by atoms with Crippen molar-refractivity contribution in [2.75, 3.05) is 0 Å². The van der Waals surface area contributed by atoms with Gasteiger partial charge >= 0.3 is 70.3 Å². The summed E-state index contributed by atoms with van der Waals surface area (Å²) >= 11 is 1.51. The molecule has 0 nitrogen and oxygen atoms in total. The van der Waals surface area contributed by atoms with Crippen LogP contribution in [0.25, 0.3) is 11.1 Å². The van der Waals surface area contributed by atoms with Crippen molar-refractivity contribution in [1.82, 2.24) is 0 Å². The zero-order valence-corrected chi connectivity index (χ0v) is 27.1. The summed E-state index contributed by atoms with van der Waals surface area (Å²) < 4.78 is 1.46. The molecule has 0 atom stereocenters. The first kappa shape index (κ1) is 33.5. The predicted molar refractivity (Wildman–Crippen MR) is 149 cm³/mol. The molecule has 0 spiro atoms. The molecule has 0 saturated heterocycles. The van der Waals surface area contributed by atoms with Crippen molar-refractivity contribution in [3.63, 3.8) is 0 Å². The fourth-order valence-corrected chi connectivity index (χ4v) is 4.47. The summed E-state index contributed by atoms with van der Waals surface area (Å²) in [5.41, 5.74) is 10.1. The van der Waals surface area contributed by atoms with E-state index in [2.05, 4.69) is 121 Å². The summed E-state index contributed by atoms with van der Waals surface area (Å²) in [6.07, 6.45) is 11.0. The van der Waals surface area contributed by atoms with Crippen LogP contribution in [0.15, 0.2) is 78.9 Å². The molecule has 2 aliphatic carbocycles. The third kappa shape index (κ3) is 9.62. The Balaban J connectivity index is 0.000000354. The summed E-state index contributed by atoms with van der Waals surface area (Å²) in [5, 5.41) is 0. The van der Waals surface area contributed by atoms with E-state index in [-0.39, 0.29) is 35.6 Å². The quantitative estimate of drug-likeness (QED) is 0.292. The molecule has 0 heterocycles. The summed E-state index contributed by atoms with van der Waals surface area (Å²) in [5.74, 6) is 0. The number of hydrogen-bond acceptors (Lipinski definition) is 0. The van der Waals surface area contributed by atoms with Crippen LogP contribution in [-0.2, 0) is 41.5 Å². The van der Waals surface area contributed by atoms with Crippen LogP contribution in [0, 0.1) is 12.1 Å². The Morgan fingerprint density at radius 1 is 0.811 bits per heavy atom. The van der Waals surface area contributed by atoms with Gasteiger partial charge in [-0.3, -0.25) is 6.08 Å². The second-order valence-corrected chi connectivity index (χ2v) is 13.2. The Morgan fingerprint density at radius 3 is 1.92 bits per heavy atom. The van der Waals surface area contributed by atoms with Crippen LogP contribution in [0.5, 0.6) is 0 Å². The van der Waals surface area contributed by atoms with Gasteiger partial charge in [-0.1, -0.05) is 65.3 Å². The Hall–Kier alpha value is -1.53. The van der Waals surface area contributed by atoms with E-state index in [1.54, 1.807) is 0 Å². The largest absolute Gasteiger partial charge is 1.00 e. The van der Waals surface area contributed by atoms with Crippen molar-refractivity contribution in [1.29, 1.82) is 0 Å². The van der Waals surface area contributed by atoms with Crippen molar-refractivity contribution >= 4 is 3.21 Å². The molecule has 5 rings (SSSR count). The first-order valence-electron chi connectivity index (χ1n) is 12.5. The van der Waals surface area contributed by atoms with Gasteiger partial charge in [0.2, 0.25) is 0 Å². The van der Waals surface area contributed by atoms with Gasteiger partial charge in [0.15, 0.2) is 0 Å². The summed E-state index contributed by atoms with van der Waals surface area (Å²) in [7, 11) is 0. The average molecular weight is 609 g/mol. The van der Waals surface area contributed by atoms with Gasteiger partial charge in [0, 0.05) is 0 Å². The summed E-state index contributed by atoms with van der Waals surface area (Å²) in [6, 6.07) is 25.6. The maximum atomic E-state index is 3.67. The third-order valence-corrected chi connectivity index (χ3v) is 6.97. The molecule has 0 aromatic heterocycles. The molecule has 3 aromatic rings. The SMILES string of the molecule is CC(C)(C)c1[c-]c2c(cc1)-c1ccc(C(C)(C)C)cc1C2.C[C](=[Zr+2])c1ccccc1.[C-]1=CC=CC1.[Cl-].[Cl-]. The van der Waals surface area contributed by atoms with Crippen LogP contribution >= 0.6 is 0 Å². The third-order valence-electron chi connectivity index (χ3n) is 6.26. The fraction of sp³-hybridized carbons (Fsp3) is 0.324. The zero-order valence-electron chi connectivity index (χ0n) is 23.2. The van der Waals surface area contributed by atoms with Gasteiger partial charge in [-0.25, -0.2) is 12.2 Å². The molecular weight excluding hydrogens is 571 g/mol. The van der Waals surface area contributed by atoms with E-state index >= 15 is 0 Å². The molecule has 0 N–H and O–H groups in total. The van der Waals surface area contributed by atoms with Crippen molar-refractivity contribution in [2.45, 2.75) is 72.1 Å². The van der Waals surface area contributed by atoms with Gasteiger partial charge in [-0.2, -0.15) is 29.8 Å². The Bertz CT molecular complexity index is 1150. The van der Waals surface area contributed by atoms with E-state index in [0.29, 0.717) is 0 Å². The number of allylic oxidation sites excluding steroid dienone is 4. The second kappa shape index (κ2) is 14.6. The molecule has 3 heteroatoms. The number of rotatable bonds is 1. The van der Waals surface area contributed by atoms with Crippen LogP contribution in [0.1, 0.15) is 82.7 Å². The molecule has 0 aliphatic heterocycles. The Kier molecular flexibility index (Phi) is 13.2. The van der Waals surface area contributed by atoms with Crippen LogP contribution < -0.4 is 24.8 Å². The molecule has 0 saturated carbocycles. The standard InChI is InChI=1S/C21H25.C8H8.C5H5.2ClH.Zr/c1-20(2,3)16-7-9-18-14(12-16)11-15-13-17(21(4,5)6)8-10-19(15)18;1-2-8-6-4-3-5-7-8;1-2-4-5-3-1;;;/h7-10,12H,11H2,1-6H3;3-7H,1H3;1-3H,4H2;2*1H;/q-1;;-1;;;+2/p-2. The van der Waals surface area contributed by atoms with Crippen molar-refractivity contribution in [3.05, 3.63) is 119 Å². The first-order valence-corrected chi connectivity index (χ1v) is 13.7. The van der Waals surface area contributed by atoms with Crippen LogP contribution in [-0.4, -0.2) is 3.21 Å². The average Bonchev–Trinajstić information content (AvgIpc) is 3.49. The van der Waals surface area contributed by atoms with Gasteiger partial charge < -0.3 is 24.8 Å². The molecule has 0 fully saturated rings. The number of halogens is 2. The molecule has 37 heavy (non-hydrogen) atoms. The molecule has 0 radical (unpaired) electrons. The Morgan fingerprint density at radius 2 is 1.46 bits per heavy atom. The van der Waals surface area contributed by atoms with Gasteiger partial charge in [-0.15, -0.1) is 17.5 Å². The monoisotopic (exact) mass is 606 g/mol.